The summed E-state index contributed by atoms with van der Waals surface area (Å²) >= 11 is 0. The van der Waals surface area contributed by atoms with Gasteiger partial charge in [-0.3, -0.25) is 4.79 Å². The number of rotatable bonds is 4. The Bertz CT molecular complexity index is 425. The van der Waals surface area contributed by atoms with Crippen LogP contribution in [-0.2, 0) is 4.79 Å². The van der Waals surface area contributed by atoms with Crippen LogP contribution in [0.1, 0.15) is 31.2 Å². The average molecular weight is 234 g/mol. The summed E-state index contributed by atoms with van der Waals surface area (Å²) in [6.07, 6.45) is 1.58. The van der Waals surface area contributed by atoms with E-state index in [4.69, 9.17) is 9.47 Å². The Balaban J connectivity index is 2.25. The van der Waals surface area contributed by atoms with Gasteiger partial charge in [-0.25, -0.2) is 0 Å². The van der Waals surface area contributed by atoms with Crippen LogP contribution in [0, 0.1) is 5.92 Å². The first-order valence-electron chi connectivity index (χ1n) is 5.95. The van der Waals surface area contributed by atoms with Gasteiger partial charge in [0.25, 0.3) is 0 Å². The highest BCUT2D eigenvalue weighted by atomic mass is 16.5. The number of methoxy groups -OCH3 is 2. The third-order valence-electron chi connectivity index (χ3n) is 3.60. The summed E-state index contributed by atoms with van der Waals surface area (Å²) in [7, 11) is 3.25. The molecule has 1 saturated carbocycles. The summed E-state index contributed by atoms with van der Waals surface area (Å²) in [6.45, 7) is 2.06. The molecule has 1 aromatic carbocycles. The van der Waals surface area contributed by atoms with E-state index in [1.54, 1.807) is 14.2 Å². The number of benzene rings is 1. The van der Waals surface area contributed by atoms with Gasteiger partial charge in [0.1, 0.15) is 5.78 Å². The zero-order valence-electron chi connectivity index (χ0n) is 10.5. The molecule has 0 bridgehead atoms. The Hall–Kier alpha value is -1.51. The van der Waals surface area contributed by atoms with Gasteiger partial charge in [0.2, 0.25) is 0 Å². The zero-order chi connectivity index (χ0) is 12.4. The number of ketones is 1. The van der Waals surface area contributed by atoms with Gasteiger partial charge in [0, 0.05) is 18.3 Å². The van der Waals surface area contributed by atoms with Crippen molar-refractivity contribution in [3.63, 3.8) is 0 Å². The molecule has 0 radical (unpaired) electrons. The number of hydrogen-bond donors (Lipinski definition) is 0. The van der Waals surface area contributed by atoms with Crippen molar-refractivity contribution >= 4 is 5.78 Å². The second-order valence-electron chi connectivity index (χ2n) is 4.41. The van der Waals surface area contributed by atoms with Gasteiger partial charge >= 0.3 is 0 Å². The number of Topliss-reactive ketones (excluding diaryl/α,β-unsaturated/α-hetero) is 1. The Morgan fingerprint density at radius 2 is 1.94 bits per heavy atom. The normalized spacial score (nSPS) is 23.1. The molecule has 0 saturated heterocycles. The minimum Gasteiger partial charge on any atom is -0.493 e. The Morgan fingerprint density at radius 1 is 1.24 bits per heavy atom. The maximum atomic E-state index is 11.5. The average Bonchev–Trinajstić information content (AvgIpc) is 2.35. The van der Waals surface area contributed by atoms with Gasteiger partial charge in [0.15, 0.2) is 11.5 Å². The monoisotopic (exact) mass is 234 g/mol. The van der Waals surface area contributed by atoms with Crippen LogP contribution in [0.25, 0.3) is 0 Å². The summed E-state index contributed by atoms with van der Waals surface area (Å²) < 4.78 is 10.5. The van der Waals surface area contributed by atoms with E-state index in [1.807, 2.05) is 18.2 Å². The van der Waals surface area contributed by atoms with Crippen LogP contribution in [0.15, 0.2) is 18.2 Å². The topological polar surface area (TPSA) is 35.5 Å². The maximum Gasteiger partial charge on any atom is 0.160 e. The predicted molar refractivity (Wildman–Crippen MR) is 65.7 cm³/mol. The van der Waals surface area contributed by atoms with Crippen molar-refractivity contribution in [2.24, 2.45) is 5.92 Å². The molecule has 3 heteroatoms. The van der Waals surface area contributed by atoms with E-state index in [0.717, 1.165) is 17.9 Å². The summed E-state index contributed by atoms with van der Waals surface area (Å²) in [5.41, 5.74) is 1.18. The highest BCUT2D eigenvalue weighted by Crippen LogP contribution is 2.43. The number of carbonyl (C=O) groups excluding carboxylic acids is 1. The van der Waals surface area contributed by atoms with Gasteiger partial charge in [-0.05, 0) is 24.1 Å². The summed E-state index contributed by atoms with van der Waals surface area (Å²) in [5, 5.41) is 0. The van der Waals surface area contributed by atoms with Crippen LogP contribution < -0.4 is 9.47 Å². The van der Waals surface area contributed by atoms with Crippen molar-refractivity contribution in [3.8, 4) is 11.5 Å². The molecule has 92 valence electrons. The van der Waals surface area contributed by atoms with Crippen LogP contribution in [0.4, 0.5) is 0 Å². The fraction of sp³-hybridized carbons (Fsp3) is 0.500. The molecule has 0 heterocycles. The largest absolute Gasteiger partial charge is 0.493 e. The fourth-order valence-corrected chi connectivity index (χ4v) is 2.52. The van der Waals surface area contributed by atoms with Crippen LogP contribution in [0.5, 0.6) is 11.5 Å². The molecule has 0 aromatic heterocycles. The molecule has 17 heavy (non-hydrogen) atoms. The Labute approximate surface area is 102 Å². The van der Waals surface area contributed by atoms with E-state index in [-0.39, 0.29) is 5.92 Å². The molecule has 3 nitrogen and oxygen atoms in total. The van der Waals surface area contributed by atoms with Crippen LogP contribution in [0.2, 0.25) is 0 Å². The minimum atomic E-state index is 0.188. The third-order valence-corrected chi connectivity index (χ3v) is 3.60. The summed E-state index contributed by atoms with van der Waals surface area (Å²) in [6, 6.07) is 5.92. The first-order valence-corrected chi connectivity index (χ1v) is 5.95. The summed E-state index contributed by atoms with van der Waals surface area (Å²) in [5.74, 6) is 2.39. The van der Waals surface area contributed by atoms with Gasteiger partial charge in [-0.1, -0.05) is 13.0 Å². The molecular weight excluding hydrogens is 216 g/mol. The molecule has 2 rings (SSSR count). The third kappa shape index (κ3) is 2.02. The first-order chi connectivity index (χ1) is 8.21. The van der Waals surface area contributed by atoms with Gasteiger partial charge in [-0.2, -0.15) is 0 Å². The highest BCUT2D eigenvalue weighted by Gasteiger charge is 2.39. The molecule has 0 spiro atoms. The Kier molecular flexibility index (Phi) is 3.36. The van der Waals surface area contributed by atoms with Crippen molar-refractivity contribution in [1.29, 1.82) is 0 Å². The van der Waals surface area contributed by atoms with Crippen molar-refractivity contribution in [3.05, 3.63) is 23.8 Å². The minimum absolute atomic E-state index is 0.188. The number of ether oxygens (including phenoxy) is 2. The van der Waals surface area contributed by atoms with Crippen LogP contribution >= 0.6 is 0 Å². The second-order valence-corrected chi connectivity index (χ2v) is 4.41. The summed E-state index contributed by atoms with van der Waals surface area (Å²) in [4.78, 5) is 11.5. The van der Waals surface area contributed by atoms with E-state index in [0.29, 0.717) is 18.1 Å². The van der Waals surface area contributed by atoms with E-state index in [1.165, 1.54) is 5.56 Å². The highest BCUT2D eigenvalue weighted by molar-refractivity contribution is 5.89. The molecule has 1 aliphatic carbocycles. The standard InChI is InChI=1S/C14H18O3/c1-4-10-11(8-12(10)15)9-5-6-13(16-2)14(7-9)17-3/h5-7,10-11H,4,8H2,1-3H3. The maximum absolute atomic E-state index is 11.5. The van der Waals surface area contributed by atoms with Crippen LogP contribution in [-0.4, -0.2) is 20.0 Å². The number of hydrogen-bond acceptors (Lipinski definition) is 3. The van der Waals surface area contributed by atoms with E-state index in [9.17, 15) is 4.79 Å². The van der Waals surface area contributed by atoms with Crippen molar-refractivity contribution in [1.82, 2.24) is 0 Å². The Morgan fingerprint density at radius 3 is 2.47 bits per heavy atom. The molecular formula is C14H18O3. The van der Waals surface area contributed by atoms with Crippen molar-refractivity contribution in [2.75, 3.05) is 14.2 Å². The smallest absolute Gasteiger partial charge is 0.160 e. The lowest BCUT2D eigenvalue weighted by molar-refractivity contribution is -0.131. The molecule has 0 aliphatic heterocycles. The number of carbonyl (C=O) groups is 1. The van der Waals surface area contributed by atoms with E-state index < -0.39 is 0 Å². The van der Waals surface area contributed by atoms with Gasteiger partial charge in [0.05, 0.1) is 14.2 Å². The van der Waals surface area contributed by atoms with E-state index >= 15 is 0 Å². The van der Waals surface area contributed by atoms with Gasteiger partial charge in [-0.15, -0.1) is 0 Å². The molecule has 1 fully saturated rings. The molecule has 0 N–H and O–H groups in total. The fourth-order valence-electron chi connectivity index (χ4n) is 2.52. The van der Waals surface area contributed by atoms with Crippen molar-refractivity contribution < 1.29 is 14.3 Å². The SMILES string of the molecule is CCC1C(=O)CC1c1ccc(OC)c(OC)c1. The second kappa shape index (κ2) is 4.78. The predicted octanol–water partition coefficient (Wildman–Crippen LogP) is 2.79. The molecule has 2 unspecified atom stereocenters. The quantitative estimate of drug-likeness (QED) is 0.803. The molecule has 0 amide bonds. The molecule has 2 atom stereocenters. The zero-order valence-corrected chi connectivity index (χ0v) is 10.5. The lowest BCUT2D eigenvalue weighted by Gasteiger charge is -2.34. The lowest BCUT2D eigenvalue weighted by Crippen LogP contribution is -2.34. The lowest BCUT2D eigenvalue weighted by atomic mass is 9.68. The van der Waals surface area contributed by atoms with E-state index in [2.05, 4.69) is 6.92 Å². The van der Waals surface area contributed by atoms with Crippen molar-refractivity contribution in [2.45, 2.75) is 25.7 Å². The first kappa shape index (κ1) is 12.0. The van der Waals surface area contributed by atoms with Gasteiger partial charge < -0.3 is 9.47 Å². The molecule has 1 aliphatic rings. The molecule has 1 aromatic rings. The van der Waals surface area contributed by atoms with Crippen LogP contribution in [0.3, 0.4) is 0 Å².